The van der Waals surface area contributed by atoms with Crippen LogP contribution < -0.4 is 0 Å². The minimum Gasteiger partial charge on any atom is -0.493 e. The van der Waals surface area contributed by atoms with Crippen molar-refractivity contribution in [2.24, 2.45) is 10.2 Å². The van der Waals surface area contributed by atoms with Gasteiger partial charge >= 0.3 is 0 Å². The summed E-state index contributed by atoms with van der Waals surface area (Å²) in [5.41, 5.74) is 2.25. The SMILES string of the molecule is CCn1c(O)c(N=Nc2ccccc2)c2ccccc21. The zero-order chi connectivity index (χ0) is 13.9. The molecule has 0 saturated carbocycles. The summed E-state index contributed by atoms with van der Waals surface area (Å²) in [4.78, 5) is 0. The third kappa shape index (κ3) is 2.05. The number of fused-ring (bicyclic) bond motifs is 1. The number of rotatable bonds is 3. The van der Waals surface area contributed by atoms with Gasteiger partial charge in [0.05, 0.1) is 11.2 Å². The van der Waals surface area contributed by atoms with Crippen LogP contribution in [0, 0.1) is 0 Å². The Balaban J connectivity index is 2.12. The molecule has 2 aromatic carbocycles. The molecule has 20 heavy (non-hydrogen) atoms. The standard InChI is InChI=1S/C16H15N3O/c1-2-19-14-11-7-6-10-13(14)15(16(19)20)18-17-12-8-4-3-5-9-12/h3-11,20H,2H2,1H3. The van der Waals surface area contributed by atoms with Gasteiger partial charge in [0.1, 0.15) is 0 Å². The molecule has 0 amide bonds. The minimum atomic E-state index is 0.161. The average Bonchev–Trinajstić information content (AvgIpc) is 2.77. The predicted molar refractivity (Wildman–Crippen MR) is 79.9 cm³/mol. The largest absolute Gasteiger partial charge is 0.493 e. The highest BCUT2D eigenvalue weighted by atomic mass is 16.3. The molecule has 0 bridgehead atoms. The van der Waals surface area contributed by atoms with E-state index in [1.807, 2.05) is 66.1 Å². The first kappa shape index (κ1) is 12.4. The number of aromatic hydroxyl groups is 1. The molecule has 0 saturated heterocycles. The number of benzene rings is 2. The zero-order valence-corrected chi connectivity index (χ0v) is 11.2. The number of hydrogen-bond acceptors (Lipinski definition) is 3. The highest BCUT2D eigenvalue weighted by Gasteiger charge is 2.14. The van der Waals surface area contributed by atoms with Gasteiger partial charge in [0, 0.05) is 11.9 Å². The van der Waals surface area contributed by atoms with Gasteiger partial charge in [-0.1, -0.05) is 36.4 Å². The van der Waals surface area contributed by atoms with Crippen molar-refractivity contribution in [2.45, 2.75) is 13.5 Å². The van der Waals surface area contributed by atoms with Crippen LogP contribution in [0.15, 0.2) is 64.8 Å². The number of nitrogens with zero attached hydrogens (tertiary/aromatic N) is 3. The molecule has 0 aliphatic rings. The predicted octanol–water partition coefficient (Wildman–Crippen LogP) is 4.78. The van der Waals surface area contributed by atoms with E-state index in [9.17, 15) is 5.11 Å². The summed E-state index contributed by atoms with van der Waals surface area (Å²) in [6, 6.07) is 17.3. The molecule has 0 fully saturated rings. The summed E-state index contributed by atoms with van der Waals surface area (Å²) in [5, 5.41) is 19.6. The maximum atomic E-state index is 10.3. The second-order valence-electron chi connectivity index (χ2n) is 4.47. The van der Waals surface area contributed by atoms with Gasteiger partial charge in [0.2, 0.25) is 5.88 Å². The summed E-state index contributed by atoms with van der Waals surface area (Å²) in [6.07, 6.45) is 0. The molecule has 1 heterocycles. The molecule has 0 aliphatic carbocycles. The van der Waals surface area contributed by atoms with Gasteiger partial charge in [-0.2, -0.15) is 5.11 Å². The van der Waals surface area contributed by atoms with Crippen LogP contribution in [0.5, 0.6) is 5.88 Å². The summed E-state index contributed by atoms with van der Waals surface area (Å²) >= 11 is 0. The Morgan fingerprint density at radius 3 is 2.40 bits per heavy atom. The third-order valence-corrected chi connectivity index (χ3v) is 3.26. The van der Waals surface area contributed by atoms with Crippen LogP contribution >= 0.6 is 0 Å². The molecule has 0 atom stereocenters. The lowest BCUT2D eigenvalue weighted by molar-refractivity contribution is 0.427. The van der Waals surface area contributed by atoms with Crippen LogP contribution in [-0.4, -0.2) is 9.67 Å². The first-order chi connectivity index (χ1) is 9.81. The Labute approximate surface area is 117 Å². The monoisotopic (exact) mass is 265 g/mol. The molecule has 0 radical (unpaired) electrons. The van der Waals surface area contributed by atoms with E-state index >= 15 is 0 Å². The first-order valence-corrected chi connectivity index (χ1v) is 6.58. The van der Waals surface area contributed by atoms with Crippen molar-refractivity contribution in [3.05, 3.63) is 54.6 Å². The summed E-state index contributed by atoms with van der Waals surface area (Å²) < 4.78 is 1.83. The zero-order valence-electron chi connectivity index (χ0n) is 11.2. The molecule has 4 nitrogen and oxygen atoms in total. The van der Waals surface area contributed by atoms with Crippen LogP contribution in [0.25, 0.3) is 10.9 Å². The van der Waals surface area contributed by atoms with E-state index in [2.05, 4.69) is 10.2 Å². The Hall–Kier alpha value is -2.62. The number of aryl methyl sites for hydroxylation is 1. The van der Waals surface area contributed by atoms with Crippen LogP contribution in [0.4, 0.5) is 11.4 Å². The fourth-order valence-corrected chi connectivity index (χ4v) is 2.29. The van der Waals surface area contributed by atoms with E-state index in [4.69, 9.17) is 0 Å². The molecule has 4 heteroatoms. The molecule has 1 N–H and O–H groups in total. The van der Waals surface area contributed by atoms with Crippen molar-refractivity contribution in [3.8, 4) is 5.88 Å². The molecule has 3 aromatic rings. The van der Waals surface area contributed by atoms with Crippen LogP contribution in [0.3, 0.4) is 0 Å². The number of azo groups is 1. The molecular formula is C16H15N3O. The third-order valence-electron chi connectivity index (χ3n) is 3.26. The summed E-state index contributed by atoms with van der Waals surface area (Å²) in [6.45, 7) is 2.68. The second-order valence-corrected chi connectivity index (χ2v) is 4.47. The fraction of sp³-hybridized carbons (Fsp3) is 0.125. The van der Waals surface area contributed by atoms with Gasteiger partial charge < -0.3 is 9.67 Å². The van der Waals surface area contributed by atoms with E-state index in [0.717, 1.165) is 16.6 Å². The maximum Gasteiger partial charge on any atom is 0.220 e. The Morgan fingerprint density at radius 1 is 0.950 bits per heavy atom. The molecular weight excluding hydrogens is 250 g/mol. The van der Waals surface area contributed by atoms with Gasteiger partial charge in [-0.25, -0.2) is 0 Å². The Morgan fingerprint density at radius 2 is 1.65 bits per heavy atom. The number of para-hydroxylation sites is 1. The number of aromatic nitrogens is 1. The lowest BCUT2D eigenvalue weighted by atomic mass is 10.2. The van der Waals surface area contributed by atoms with Crippen molar-refractivity contribution in [3.63, 3.8) is 0 Å². The van der Waals surface area contributed by atoms with Gasteiger partial charge in [-0.15, -0.1) is 5.11 Å². The topological polar surface area (TPSA) is 49.9 Å². The molecule has 1 aromatic heterocycles. The number of hydrogen-bond donors (Lipinski definition) is 1. The lowest BCUT2D eigenvalue weighted by Gasteiger charge is -2.00. The lowest BCUT2D eigenvalue weighted by Crippen LogP contribution is -1.91. The maximum absolute atomic E-state index is 10.3. The summed E-state index contributed by atoms with van der Waals surface area (Å²) in [5.74, 6) is 0.161. The van der Waals surface area contributed by atoms with Gasteiger partial charge in [-0.3, -0.25) is 0 Å². The van der Waals surface area contributed by atoms with E-state index in [1.54, 1.807) is 0 Å². The van der Waals surface area contributed by atoms with Gasteiger partial charge in [-0.05, 0) is 25.1 Å². The van der Waals surface area contributed by atoms with Crippen molar-refractivity contribution >= 4 is 22.3 Å². The summed E-state index contributed by atoms with van der Waals surface area (Å²) in [7, 11) is 0. The first-order valence-electron chi connectivity index (χ1n) is 6.58. The molecule has 0 unspecified atom stereocenters. The molecule has 0 aliphatic heterocycles. The van der Waals surface area contributed by atoms with Crippen molar-refractivity contribution in [2.75, 3.05) is 0 Å². The van der Waals surface area contributed by atoms with Gasteiger partial charge in [0.15, 0.2) is 5.69 Å². The minimum absolute atomic E-state index is 0.161. The second kappa shape index (κ2) is 5.17. The van der Waals surface area contributed by atoms with Crippen LogP contribution in [0.1, 0.15) is 6.92 Å². The van der Waals surface area contributed by atoms with E-state index in [0.29, 0.717) is 12.2 Å². The van der Waals surface area contributed by atoms with Crippen molar-refractivity contribution in [1.82, 2.24) is 4.57 Å². The highest BCUT2D eigenvalue weighted by molar-refractivity contribution is 5.94. The average molecular weight is 265 g/mol. The highest BCUT2D eigenvalue weighted by Crippen LogP contribution is 2.39. The fourth-order valence-electron chi connectivity index (χ4n) is 2.29. The van der Waals surface area contributed by atoms with E-state index in [1.165, 1.54) is 0 Å². The van der Waals surface area contributed by atoms with E-state index in [-0.39, 0.29) is 5.88 Å². The molecule has 100 valence electrons. The smallest absolute Gasteiger partial charge is 0.220 e. The molecule has 3 rings (SSSR count). The van der Waals surface area contributed by atoms with Crippen molar-refractivity contribution in [1.29, 1.82) is 0 Å². The van der Waals surface area contributed by atoms with Crippen molar-refractivity contribution < 1.29 is 5.11 Å². The van der Waals surface area contributed by atoms with Crippen LogP contribution in [-0.2, 0) is 6.54 Å². The molecule has 0 spiro atoms. The van der Waals surface area contributed by atoms with Gasteiger partial charge in [0.25, 0.3) is 0 Å². The van der Waals surface area contributed by atoms with Crippen LogP contribution in [0.2, 0.25) is 0 Å². The normalized spacial score (nSPS) is 11.4. The van der Waals surface area contributed by atoms with E-state index < -0.39 is 0 Å². The Bertz CT molecular complexity index is 760. The Kier molecular flexibility index (Phi) is 3.21. The quantitative estimate of drug-likeness (QED) is 0.680.